The van der Waals surface area contributed by atoms with Gasteiger partial charge in [-0.2, -0.15) is 0 Å². The molecule has 122 valence electrons. The lowest BCUT2D eigenvalue weighted by molar-refractivity contribution is -0.205. The molecule has 1 aliphatic rings. The van der Waals surface area contributed by atoms with Crippen LogP contribution in [0.15, 0.2) is 60.7 Å². The molecule has 1 saturated heterocycles. The maximum atomic E-state index is 13.6. The van der Waals surface area contributed by atoms with Gasteiger partial charge in [-0.3, -0.25) is 9.09 Å². The minimum atomic E-state index is -3.45. The van der Waals surface area contributed by atoms with E-state index in [0.29, 0.717) is 17.0 Å². The summed E-state index contributed by atoms with van der Waals surface area (Å²) in [7, 11) is -3.45. The van der Waals surface area contributed by atoms with Gasteiger partial charge in [0.1, 0.15) is 6.10 Å². The van der Waals surface area contributed by atoms with Gasteiger partial charge in [0.25, 0.3) is 7.37 Å². The molecule has 6 heteroatoms. The van der Waals surface area contributed by atoms with Gasteiger partial charge in [-0.1, -0.05) is 36.4 Å². The van der Waals surface area contributed by atoms with Gasteiger partial charge in [-0.25, -0.2) is 0 Å². The van der Waals surface area contributed by atoms with Crippen molar-refractivity contribution in [3.8, 4) is 0 Å². The maximum Gasteiger partial charge on any atom is 0.263 e. The lowest BCUT2D eigenvalue weighted by Gasteiger charge is -2.34. The summed E-state index contributed by atoms with van der Waals surface area (Å²) in [4.78, 5) is 0. The van der Waals surface area contributed by atoms with Crippen molar-refractivity contribution in [2.45, 2.75) is 24.9 Å². The van der Waals surface area contributed by atoms with Crippen molar-refractivity contribution in [3.05, 3.63) is 60.7 Å². The molecule has 3 rings (SSSR count). The highest BCUT2D eigenvalue weighted by Gasteiger charge is 2.39. The van der Waals surface area contributed by atoms with Crippen LogP contribution in [0.5, 0.6) is 0 Å². The van der Waals surface area contributed by atoms with Gasteiger partial charge in [-0.15, -0.1) is 0 Å². The zero-order chi connectivity index (χ0) is 16.3. The molecule has 5 nitrogen and oxygen atoms in total. The molecule has 2 aromatic carbocycles. The van der Waals surface area contributed by atoms with Crippen LogP contribution in [0.4, 0.5) is 0 Å². The van der Waals surface area contributed by atoms with Crippen molar-refractivity contribution in [3.63, 3.8) is 0 Å². The molecule has 0 bridgehead atoms. The minimum absolute atomic E-state index is 0.243. The molecule has 2 aromatic rings. The molecule has 0 spiro atoms. The summed E-state index contributed by atoms with van der Waals surface area (Å²) in [6.45, 7) is 0.243. The van der Waals surface area contributed by atoms with E-state index < -0.39 is 25.9 Å². The lowest BCUT2D eigenvalue weighted by atomic mass is 10.1. The molecule has 1 aliphatic heterocycles. The molecule has 0 radical (unpaired) electrons. The van der Waals surface area contributed by atoms with Crippen molar-refractivity contribution in [2.24, 2.45) is 0 Å². The molecule has 1 heterocycles. The van der Waals surface area contributed by atoms with E-state index in [2.05, 4.69) is 0 Å². The molecular formula is C17H19O5P. The van der Waals surface area contributed by atoms with E-state index in [1.54, 1.807) is 48.5 Å². The van der Waals surface area contributed by atoms with Crippen molar-refractivity contribution in [1.82, 2.24) is 0 Å². The van der Waals surface area contributed by atoms with E-state index >= 15 is 0 Å². The minimum Gasteiger partial charge on any atom is -0.390 e. The van der Waals surface area contributed by atoms with Crippen LogP contribution in [-0.4, -0.2) is 35.3 Å². The second-order valence-electron chi connectivity index (χ2n) is 5.41. The highest BCUT2D eigenvalue weighted by molar-refractivity contribution is 7.74. The smallest absolute Gasteiger partial charge is 0.263 e. The van der Waals surface area contributed by atoms with Crippen LogP contribution in [-0.2, 0) is 13.8 Å². The summed E-state index contributed by atoms with van der Waals surface area (Å²) >= 11 is 0. The quantitative estimate of drug-likeness (QED) is 0.827. The Labute approximate surface area is 134 Å². The van der Waals surface area contributed by atoms with Crippen LogP contribution in [0.25, 0.3) is 0 Å². The highest BCUT2D eigenvalue weighted by atomic mass is 31.2. The second-order valence-corrected chi connectivity index (χ2v) is 7.76. The molecule has 1 fully saturated rings. The largest absolute Gasteiger partial charge is 0.390 e. The first-order chi connectivity index (χ1) is 11.1. The van der Waals surface area contributed by atoms with Crippen molar-refractivity contribution in [1.29, 1.82) is 0 Å². The Kier molecular flexibility index (Phi) is 4.95. The van der Waals surface area contributed by atoms with Crippen LogP contribution < -0.4 is 10.6 Å². The first kappa shape index (κ1) is 16.4. The predicted octanol–water partition coefficient (Wildman–Crippen LogP) is 1.40. The molecular weight excluding hydrogens is 315 g/mol. The van der Waals surface area contributed by atoms with Gasteiger partial charge in [0, 0.05) is 10.6 Å². The average Bonchev–Trinajstić information content (AvgIpc) is 2.60. The monoisotopic (exact) mass is 334 g/mol. The third-order valence-corrected chi connectivity index (χ3v) is 6.27. The fourth-order valence-corrected chi connectivity index (χ4v) is 4.66. The summed E-state index contributed by atoms with van der Waals surface area (Å²) in [5, 5.41) is 20.9. The second kappa shape index (κ2) is 6.95. The number of benzene rings is 2. The van der Waals surface area contributed by atoms with Crippen LogP contribution in [0.3, 0.4) is 0 Å². The Balaban J connectivity index is 1.98. The van der Waals surface area contributed by atoms with Gasteiger partial charge in [-0.05, 0) is 30.7 Å². The lowest BCUT2D eigenvalue weighted by Crippen LogP contribution is -2.46. The normalized spacial score (nSPS) is 25.2. The van der Waals surface area contributed by atoms with Gasteiger partial charge >= 0.3 is 0 Å². The zero-order valence-corrected chi connectivity index (χ0v) is 13.4. The third kappa shape index (κ3) is 3.39. The van der Waals surface area contributed by atoms with Gasteiger partial charge in [0.2, 0.25) is 0 Å². The topological polar surface area (TPSA) is 76.0 Å². The molecule has 0 unspecified atom stereocenters. The van der Waals surface area contributed by atoms with E-state index in [-0.39, 0.29) is 6.61 Å². The van der Waals surface area contributed by atoms with E-state index in [0.717, 1.165) is 0 Å². The summed E-state index contributed by atoms with van der Waals surface area (Å²) in [5.74, 6) is 0. The standard InChI is InChI=1S/C17H19O5P/c18-15-11-12-21-17(16(15)19)22-23(20,13-7-3-1-4-8-13)14-9-5-2-6-10-14/h1-10,15-19H,11-12H2/t15-,16+,17-/m1/s1. The Morgan fingerprint density at radius 3 is 2.00 bits per heavy atom. The fraction of sp³-hybridized carbons (Fsp3) is 0.294. The van der Waals surface area contributed by atoms with Crippen LogP contribution in [0, 0.1) is 0 Å². The summed E-state index contributed by atoms with van der Waals surface area (Å²) in [6.07, 6.45) is -3.00. The number of ether oxygens (including phenoxy) is 1. The Morgan fingerprint density at radius 1 is 0.957 bits per heavy atom. The zero-order valence-electron chi connectivity index (χ0n) is 12.5. The van der Waals surface area contributed by atoms with Crippen molar-refractivity contribution < 1.29 is 24.0 Å². The molecule has 0 aliphatic carbocycles. The number of rotatable bonds is 4. The summed E-state index contributed by atoms with van der Waals surface area (Å²) in [6, 6.07) is 17.7. The Bertz CT molecular complexity index is 632. The molecule has 23 heavy (non-hydrogen) atoms. The number of aliphatic hydroxyl groups excluding tert-OH is 2. The van der Waals surface area contributed by atoms with E-state index in [1.165, 1.54) is 0 Å². The third-order valence-electron chi connectivity index (χ3n) is 3.81. The molecule has 0 aromatic heterocycles. The highest BCUT2D eigenvalue weighted by Crippen LogP contribution is 2.47. The predicted molar refractivity (Wildman–Crippen MR) is 87.2 cm³/mol. The van der Waals surface area contributed by atoms with Crippen LogP contribution in [0.2, 0.25) is 0 Å². The SMILES string of the molecule is O=P(O[C@H]1OCC[C@@H](O)[C@@H]1O)(c1ccccc1)c1ccccc1. The van der Waals surface area contributed by atoms with Crippen molar-refractivity contribution in [2.75, 3.05) is 6.61 Å². The fourth-order valence-electron chi connectivity index (χ4n) is 2.51. The van der Waals surface area contributed by atoms with E-state index in [4.69, 9.17) is 9.26 Å². The summed E-state index contributed by atoms with van der Waals surface area (Å²) < 4.78 is 24.8. The Morgan fingerprint density at radius 2 is 1.48 bits per heavy atom. The number of hydrogen-bond donors (Lipinski definition) is 2. The molecule has 0 amide bonds. The van der Waals surface area contributed by atoms with Crippen LogP contribution >= 0.6 is 7.37 Å². The number of hydrogen-bond acceptors (Lipinski definition) is 5. The van der Waals surface area contributed by atoms with Gasteiger partial charge in [0.15, 0.2) is 6.29 Å². The molecule has 2 N–H and O–H groups in total. The van der Waals surface area contributed by atoms with Gasteiger partial charge in [0.05, 0.1) is 12.7 Å². The van der Waals surface area contributed by atoms with Gasteiger partial charge < -0.3 is 14.9 Å². The number of aliphatic hydroxyl groups is 2. The molecule has 3 atom stereocenters. The first-order valence-electron chi connectivity index (χ1n) is 7.49. The Hall–Kier alpha value is -1.49. The van der Waals surface area contributed by atoms with Crippen LogP contribution in [0.1, 0.15) is 6.42 Å². The summed E-state index contributed by atoms with van der Waals surface area (Å²) in [5.41, 5.74) is 0. The molecule has 0 saturated carbocycles. The van der Waals surface area contributed by atoms with E-state index in [1.807, 2.05) is 12.1 Å². The maximum absolute atomic E-state index is 13.6. The van der Waals surface area contributed by atoms with E-state index in [9.17, 15) is 14.8 Å². The average molecular weight is 334 g/mol. The first-order valence-corrected chi connectivity index (χ1v) is 9.11. The van der Waals surface area contributed by atoms with Crippen molar-refractivity contribution >= 4 is 18.0 Å².